The summed E-state index contributed by atoms with van der Waals surface area (Å²) in [5.41, 5.74) is 0.429. The smallest absolute Gasteiger partial charge is 0.352 e. The van der Waals surface area contributed by atoms with Gasteiger partial charge in [-0.3, -0.25) is 0 Å². The highest BCUT2D eigenvalue weighted by Crippen LogP contribution is 2.25. The average Bonchev–Trinajstić information content (AvgIpc) is 2.47. The second-order valence-electron chi connectivity index (χ2n) is 2.84. The van der Waals surface area contributed by atoms with Gasteiger partial charge in [0.1, 0.15) is 11.5 Å². The second kappa shape index (κ2) is 2.99. The van der Waals surface area contributed by atoms with Crippen LogP contribution in [0.2, 0.25) is 5.02 Å². The average molecular weight is 214 g/mol. The summed E-state index contributed by atoms with van der Waals surface area (Å²) in [5, 5.41) is 9.30. The van der Waals surface area contributed by atoms with Crippen LogP contribution in [0.5, 0.6) is 0 Å². The number of hydrogen-bond acceptors (Lipinski definition) is 1. The maximum Gasteiger partial charge on any atom is 0.352 e. The Morgan fingerprint density at radius 1 is 1.43 bits per heavy atom. The first kappa shape index (κ1) is 9.02. The van der Waals surface area contributed by atoms with E-state index in [2.05, 4.69) is 4.98 Å². The van der Waals surface area contributed by atoms with Gasteiger partial charge in [0, 0.05) is 5.39 Å². The highest BCUT2D eigenvalue weighted by molar-refractivity contribution is 6.35. The summed E-state index contributed by atoms with van der Waals surface area (Å²) in [6.07, 6.45) is 0. The largest absolute Gasteiger partial charge is 0.477 e. The molecule has 0 aliphatic rings. The summed E-state index contributed by atoms with van der Waals surface area (Å²) in [6.45, 7) is 0. The minimum Gasteiger partial charge on any atom is -0.477 e. The van der Waals surface area contributed by atoms with Crippen molar-refractivity contribution < 1.29 is 14.3 Å². The zero-order valence-corrected chi connectivity index (χ0v) is 7.60. The summed E-state index contributed by atoms with van der Waals surface area (Å²) in [4.78, 5) is 13.2. The number of halogens is 2. The number of aromatic amines is 1. The summed E-state index contributed by atoms with van der Waals surface area (Å²) < 4.78 is 12.9. The van der Waals surface area contributed by atoms with Crippen molar-refractivity contribution in [3.05, 3.63) is 34.7 Å². The molecule has 0 amide bonds. The maximum atomic E-state index is 12.9. The first-order chi connectivity index (χ1) is 6.58. The van der Waals surface area contributed by atoms with Crippen LogP contribution in [-0.2, 0) is 0 Å². The number of rotatable bonds is 1. The van der Waals surface area contributed by atoms with Crippen molar-refractivity contribution in [2.24, 2.45) is 0 Å². The number of H-pyrrole nitrogens is 1. The van der Waals surface area contributed by atoms with Gasteiger partial charge in [-0.15, -0.1) is 0 Å². The molecule has 0 fully saturated rings. The van der Waals surface area contributed by atoms with Gasteiger partial charge in [0.2, 0.25) is 0 Å². The minimum absolute atomic E-state index is 0.00694. The first-order valence-corrected chi connectivity index (χ1v) is 4.17. The van der Waals surface area contributed by atoms with Crippen LogP contribution in [-0.4, -0.2) is 16.1 Å². The van der Waals surface area contributed by atoms with Gasteiger partial charge in [-0.1, -0.05) is 11.6 Å². The molecule has 0 spiro atoms. The SMILES string of the molecule is O=C(O)c1cc2cc(F)cc(Cl)c2[nH]1. The molecule has 14 heavy (non-hydrogen) atoms. The van der Waals surface area contributed by atoms with E-state index in [4.69, 9.17) is 16.7 Å². The summed E-state index contributed by atoms with van der Waals surface area (Å²) in [7, 11) is 0. The minimum atomic E-state index is -1.10. The van der Waals surface area contributed by atoms with Crippen molar-refractivity contribution in [3.8, 4) is 0 Å². The van der Waals surface area contributed by atoms with Gasteiger partial charge in [-0.2, -0.15) is 0 Å². The Balaban J connectivity index is 2.76. The van der Waals surface area contributed by atoms with E-state index in [1.807, 2.05) is 0 Å². The third-order valence-corrected chi connectivity index (χ3v) is 2.17. The van der Waals surface area contributed by atoms with E-state index in [9.17, 15) is 9.18 Å². The monoisotopic (exact) mass is 213 g/mol. The third kappa shape index (κ3) is 1.33. The quantitative estimate of drug-likeness (QED) is 0.765. The normalized spacial score (nSPS) is 10.7. The molecule has 0 radical (unpaired) electrons. The van der Waals surface area contributed by atoms with E-state index < -0.39 is 11.8 Å². The number of carboxylic acid groups (broad SMARTS) is 1. The number of benzene rings is 1. The molecule has 2 aromatic rings. The van der Waals surface area contributed by atoms with E-state index in [1.54, 1.807) is 0 Å². The highest BCUT2D eigenvalue weighted by atomic mass is 35.5. The molecular formula is C9H5ClFNO2. The van der Waals surface area contributed by atoms with Gasteiger partial charge in [0.25, 0.3) is 0 Å². The van der Waals surface area contributed by atoms with Crippen molar-refractivity contribution in [3.63, 3.8) is 0 Å². The molecule has 0 unspecified atom stereocenters. The van der Waals surface area contributed by atoms with Crippen LogP contribution >= 0.6 is 11.6 Å². The maximum absolute atomic E-state index is 12.9. The van der Waals surface area contributed by atoms with E-state index in [1.165, 1.54) is 12.1 Å². The van der Waals surface area contributed by atoms with Gasteiger partial charge >= 0.3 is 5.97 Å². The fraction of sp³-hybridized carbons (Fsp3) is 0. The Morgan fingerprint density at radius 3 is 2.79 bits per heavy atom. The Bertz CT molecular complexity index is 521. The fourth-order valence-corrected chi connectivity index (χ4v) is 1.54. The molecule has 5 heteroatoms. The number of carboxylic acids is 1. The van der Waals surface area contributed by atoms with Crippen LogP contribution in [0, 0.1) is 5.82 Å². The molecule has 1 heterocycles. The molecule has 0 saturated carbocycles. The van der Waals surface area contributed by atoms with E-state index in [0.29, 0.717) is 10.9 Å². The van der Waals surface area contributed by atoms with Crippen molar-refractivity contribution in [2.45, 2.75) is 0 Å². The van der Waals surface area contributed by atoms with E-state index in [0.717, 1.165) is 6.07 Å². The number of aromatic nitrogens is 1. The van der Waals surface area contributed by atoms with E-state index >= 15 is 0 Å². The van der Waals surface area contributed by atoms with Crippen LogP contribution in [0.1, 0.15) is 10.5 Å². The number of hydrogen-bond donors (Lipinski definition) is 2. The zero-order chi connectivity index (χ0) is 10.3. The molecule has 2 N–H and O–H groups in total. The van der Waals surface area contributed by atoms with Crippen molar-refractivity contribution >= 4 is 28.5 Å². The lowest BCUT2D eigenvalue weighted by Crippen LogP contribution is -1.94. The van der Waals surface area contributed by atoms with Gasteiger partial charge in [0.15, 0.2) is 0 Å². The number of aromatic carboxylic acids is 1. The Kier molecular flexibility index (Phi) is 1.93. The Hall–Kier alpha value is -1.55. The Morgan fingerprint density at radius 2 is 2.14 bits per heavy atom. The van der Waals surface area contributed by atoms with E-state index in [-0.39, 0.29) is 10.7 Å². The summed E-state index contributed by atoms with van der Waals surface area (Å²) in [6, 6.07) is 3.70. The summed E-state index contributed by atoms with van der Waals surface area (Å²) >= 11 is 5.72. The third-order valence-electron chi connectivity index (χ3n) is 1.88. The predicted molar refractivity (Wildman–Crippen MR) is 50.2 cm³/mol. The number of fused-ring (bicyclic) bond motifs is 1. The molecule has 3 nitrogen and oxygen atoms in total. The molecule has 0 saturated heterocycles. The topological polar surface area (TPSA) is 53.1 Å². The Labute approximate surface area is 83.1 Å². The van der Waals surface area contributed by atoms with Crippen LogP contribution in [0.3, 0.4) is 0 Å². The molecule has 1 aromatic carbocycles. The van der Waals surface area contributed by atoms with Crippen molar-refractivity contribution in [1.29, 1.82) is 0 Å². The first-order valence-electron chi connectivity index (χ1n) is 3.79. The molecule has 1 aromatic heterocycles. The van der Waals surface area contributed by atoms with Crippen LogP contribution in [0.15, 0.2) is 18.2 Å². The fourth-order valence-electron chi connectivity index (χ4n) is 1.28. The molecule has 2 rings (SSSR count). The molecule has 0 bridgehead atoms. The highest BCUT2D eigenvalue weighted by Gasteiger charge is 2.10. The number of carbonyl (C=O) groups is 1. The molecule has 0 atom stereocenters. The summed E-state index contributed by atoms with van der Waals surface area (Å²) in [5.74, 6) is -1.59. The predicted octanol–water partition coefficient (Wildman–Crippen LogP) is 2.66. The second-order valence-corrected chi connectivity index (χ2v) is 3.25. The van der Waals surface area contributed by atoms with Crippen molar-refractivity contribution in [2.75, 3.05) is 0 Å². The number of nitrogens with one attached hydrogen (secondary N) is 1. The van der Waals surface area contributed by atoms with Gasteiger partial charge < -0.3 is 10.1 Å². The molecular weight excluding hydrogens is 209 g/mol. The molecule has 0 aliphatic carbocycles. The lowest BCUT2D eigenvalue weighted by atomic mass is 10.2. The van der Waals surface area contributed by atoms with Crippen LogP contribution in [0.4, 0.5) is 4.39 Å². The van der Waals surface area contributed by atoms with Crippen molar-refractivity contribution in [1.82, 2.24) is 4.98 Å². The van der Waals surface area contributed by atoms with Crippen LogP contribution in [0.25, 0.3) is 10.9 Å². The molecule has 72 valence electrons. The lowest BCUT2D eigenvalue weighted by Gasteiger charge is -1.93. The van der Waals surface area contributed by atoms with Gasteiger partial charge in [0.05, 0.1) is 10.5 Å². The molecule has 0 aliphatic heterocycles. The van der Waals surface area contributed by atoms with Gasteiger partial charge in [-0.25, -0.2) is 9.18 Å². The van der Waals surface area contributed by atoms with Gasteiger partial charge in [-0.05, 0) is 18.2 Å². The lowest BCUT2D eigenvalue weighted by molar-refractivity contribution is 0.0691. The zero-order valence-electron chi connectivity index (χ0n) is 6.84. The van der Waals surface area contributed by atoms with Crippen LogP contribution < -0.4 is 0 Å². The standard InChI is InChI=1S/C9H5ClFNO2/c10-6-3-5(11)1-4-2-7(9(13)14)12-8(4)6/h1-3,12H,(H,13,14).